The number of nitrogens with one attached hydrogen (secondary N) is 2. The van der Waals surface area contributed by atoms with Crippen molar-refractivity contribution in [1.82, 2.24) is 10.3 Å². The number of hydrogen-bond acceptors (Lipinski definition) is 4. The first kappa shape index (κ1) is 19.4. The topological polar surface area (TPSA) is 71.1 Å². The zero-order valence-corrected chi connectivity index (χ0v) is 15.8. The Kier molecular flexibility index (Phi) is 6.15. The number of benzene rings is 1. The van der Waals surface area contributed by atoms with Crippen LogP contribution < -0.4 is 10.6 Å². The van der Waals surface area contributed by atoms with Gasteiger partial charge in [0, 0.05) is 10.9 Å². The smallest absolute Gasteiger partial charge is 0.248 e. The summed E-state index contributed by atoms with van der Waals surface area (Å²) in [6, 6.07) is 2.21. The van der Waals surface area contributed by atoms with Gasteiger partial charge in [-0.15, -0.1) is 11.3 Å². The Morgan fingerprint density at radius 2 is 1.89 bits per heavy atom. The first-order valence-electron chi connectivity index (χ1n) is 8.98. The number of carbonyl (C=O) groups excluding carboxylic acids is 2. The molecule has 144 valence electrons. The fourth-order valence-corrected chi connectivity index (χ4v) is 4.15. The van der Waals surface area contributed by atoms with E-state index in [2.05, 4.69) is 15.6 Å². The molecule has 0 saturated heterocycles. The lowest BCUT2D eigenvalue weighted by molar-refractivity contribution is -0.126. The summed E-state index contributed by atoms with van der Waals surface area (Å²) in [7, 11) is 0. The van der Waals surface area contributed by atoms with Gasteiger partial charge in [0.2, 0.25) is 11.8 Å². The molecule has 1 aliphatic rings. The van der Waals surface area contributed by atoms with Gasteiger partial charge in [0.05, 0.1) is 12.1 Å². The van der Waals surface area contributed by atoms with E-state index in [0.29, 0.717) is 11.6 Å². The second-order valence-electron chi connectivity index (χ2n) is 6.57. The van der Waals surface area contributed by atoms with Crippen LogP contribution in [0.4, 0.5) is 13.9 Å². The maximum Gasteiger partial charge on any atom is 0.248 e. The van der Waals surface area contributed by atoms with Gasteiger partial charge >= 0.3 is 0 Å². The molecule has 0 fully saturated rings. The molecule has 2 aromatic rings. The maximum absolute atomic E-state index is 13.2. The number of halogens is 2. The Hall–Kier alpha value is -2.35. The SMILES string of the molecule is CCC(NC(=O)Cc1cc(F)cc(F)c1)C(=O)Nc1nc2c(s1)CCCC2. The second-order valence-corrected chi connectivity index (χ2v) is 7.65. The number of anilines is 1. The fraction of sp³-hybridized carbons (Fsp3) is 0.421. The van der Waals surface area contributed by atoms with Crippen LogP contribution in [0, 0.1) is 11.6 Å². The lowest BCUT2D eigenvalue weighted by atomic mass is 10.0. The summed E-state index contributed by atoms with van der Waals surface area (Å²) in [6.07, 6.45) is 4.35. The lowest BCUT2D eigenvalue weighted by Crippen LogP contribution is -2.44. The number of amides is 2. The molecular weight excluding hydrogens is 372 g/mol. The first-order valence-corrected chi connectivity index (χ1v) is 9.80. The average Bonchev–Trinajstić information content (AvgIpc) is 3.00. The quantitative estimate of drug-likeness (QED) is 0.790. The van der Waals surface area contributed by atoms with Crippen LogP contribution in [0.2, 0.25) is 0 Å². The van der Waals surface area contributed by atoms with Crippen molar-refractivity contribution in [2.75, 3.05) is 5.32 Å². The minimum Gasteiger partial charge on any atom is -0.344 e. The van der Waals surface area contributed by atoms with Gasteiger partial charge in [0.15, 0.2) is 5.13 Å². The number of fused-ring (bicyclic) bond motifs is 1. The van der Waals surface area contributed by atoms with Crippen LogP contribution in [0.1, 0.15) is 42.3 Å². The molecule has 0 spiro atoms. The summed E-state index contributed by atoms with van der Waals surface area (Å²) in [6.45, 7) is 1.78. The fourth-order valence-electron chi connectivity index (χ4n) is 3.09. The van der Waals surface area contributed by atoms with Crippen LogP contribution in [0.5, 0.6) is 0 Å². The molecule has 8 heteroatoms. The number of carbonyl (C=O) groups is 2. The van der Waals surface area contributed by atoms with E-state index >= 15 is 0 Å². The molecule has 27 heavy (non-hydrogen) atoms. The van der Waals surface area contributed by atoms with Gasteiger partial charge < -0.3 is 10.6 Å². The molecule has 0 radical (unpaired) electrons. The van der Waals surface area contributed by atoms with Crippen molar-refractivity contribution in [3.8, 4) is 0 Å². The van der Waals surface area contributed by atoms with E-state index in [0.717, 1.165) is 49.6 Å². The Morgan fingerprint density at radius 3 is 2.56 bits per heavy atom. The van der Waals surface area contributed by atoms with Gasteiger partial charge in [-0.05, 0) is 49.8 Å². The second kappa shape index (κ2) is 8.56. The zero-order valence-electron chi connectivity index (χ0n) is 15.0. The van der Waals surface area contributed by atoms with Crippen LogP contribution >= 0.6 is 11.3 Å². The normalized spacial score (nSPS) is 14.3. The van der Waals surface area contributed by atoms with E-state index < -0.39 is 23.6 Å². The largest absolute Gasteiger partial charge is 0.344 e. The lowest BCUT2D eigenvalue weighted by Gasteiger charge is -2.16. The monoisotopic (exact) mass is 393 g/mol. The van der Waals surface area contributed by atoms with Gasteiger partial charge in [-0.25, -0.2) is 13.8 Å². The minimum atomic E-state index is -0.740. The van der Waals surface area contributed by atoms with Gasteiger partial charge in [-0.3, -0.25) is 9.59 Å². The van der Waals surface area contributed by atoms with Gasteiger partial charge in [0.25, 0.3) is 0 Å². The first-order chi connectivity index (χ1) is 12.9. The van der Waals surface area contributed by atoms with Gasteiger partial charge in [-0.1, -0.05) is 6.92 Å². The highest BCUT2D eigenvalue weighted by Gasteiger charge is 2.22. The van der Waals surface area contributed by atoms with Crippen molar-refractivity contribution >= 4 is 28.3 Å². The van der Waals surface area contributed by atoms with E-state index in [1.807, 2.05) is 0 Å². The summed E-state index contributed by atoms with van der Waals surface area (Å²) in [4.78, 5) is 30.3. The van der Waals surface area contributed by atoms with Crippen molar-refractivity contribution in [2.45, 2.75) is 51.5 Å². The summed E-state index contributed by atoms with van der Waals surface area (Å²) in [5.41, 5.74) is 1.26. The third kappa shape index (κ3) is 5.09. The number of nitrogens with zero attached hydrogens (tertiary/aromatic N) is 1. The van der Waals surface area contributed by atoms with Crippen molar-refractivity contribution < 1.29 is 18.4 Å². The third-order valence-electron chi connectivity index (χ3n) is 4.42. The Bertz CT molecular complexity index is 810. The van der Waals surface area contributed by atoms with E-state index in [9.17, 15) is 18.4 Å². The van der Waals surface area contributed by atoms with E-state index in [4.69, 9.17) is 0 Å². The Labute approximate surface area is 160 Å². The highest BCUT2D eigenvalue weighted by Crippen LogP contribution is 2.29. The number of aryl methyl sites for hydroxylation is 2. The van der Waals surface area contributed by atoms with E-state index in [1.54, 1.807) is 6.92 Å². The van der Waals surface area contributed by atoms with Crippen LogP contribution in [-0.4, -0.2) is 22.8 Å². The number of aromatic nitrogens is 1. The summed E-state index contributed by atoms with van der Waals surface area (Å²) >= 11 is 1.48. The molecule has 0 saturated carbocycles. The van der Waals surface area contributed by atoms with Crippen LogP contribution in [0.3, 0.4) is 0 Å². The maximum atomic E-state index is 13.2. The molecule has 2 N–H and O–H groups in total. The average molecular weight is 393 g/mol. The van der Waals surface area contributed by atoms with E-state index in [-0.39, 0.29) is 17.9 Å². The summed E-state index contributed by atoms with van der Waals surface area (Å²) < 4.78 is 26.5. The van der Waals surface area contributed by atoms with Crippen molar-refractivity contribution in [3.63, 3.8) is 0 Å². The van der Waals surface area contributed by atoms with Crippen LogP contribution in [0.25, 0.3) is 0 Å². The molecule has 3 rings (SSSR count). The molecule has 0 aliphatic heterocycles. The molecule has 0 bridgehead atoms. The molecule has 1 unspecified atom stereocenters. The Morgan fingerprint density at radius 1 is 1.19 bits per heavy atom. The molecular formula is C19H21F2N3O2S. The molecule has 1 heterocycles. The summed E-state index contributed by atoms with van der Waals surface area (Å²) in [5.74, 6) is -2.30. The molecule has 1 aromatic heterocycles. The predicted molar refractivity (Wildman–Crippen MR) is 99.7 cm³/mol. The molecule has 1 atom stereocenters. The molecule has 1 aliphatic carbocycles. The van der Waals surface area contributed by atoms with Crippen molar-refractivity contribution in [2.24, 2.45) is 0 Å². The predicted octanol–water partition coefficient (Wildman–Crippen LogP) is 3.38. The molecule has 1 aromatic carbocycles. The van der Waals surface area contributed by atoms with Crippen LogP contribution in [0.15, 0.2) is 18.2 Å². The van der Waals surface area contributed by atoms with Gasteiger partial charge in [-0.2, -0.15) is 0 Å². The standard InChI is InChI=1S/C19H21F2N3O2S/c1-2-14(22-17(25)9-11-7-12(20)10-13(21)8-11)18(26)24-19-23-15-5-3-4-6-16(15)27-19/h7-8,10,14H,2-6,9H2,1H3,(H,22,25)(H,23,24,26). The van der Waals surface area contributed by atoms with Crippen molar-refractivity contribution in [3.05, 3.63) is 46.0 Å². The number of hydrogen-bond donors (Lipinski definition) is 2. The molecule has 5 nitrogen and oxygen atoms in total. The number of thiazole rings is 1. The highest BCUT2D eigenvalue weighted by atomic mass is 32.1. The van der Waals surface area contributed by atoms with Gasteiger partial charge in [0.1, 0.15) is 17.7 Å². The van der Waals surface area contributed by atoms with Crippen molar-refractivity contribution in [1.29, 1.82) is 0 Å². The van der Waals surface area contributed by atoms with E-state index in [1.165, 1.54) is 16.2 Å². The summed E-state index contributed by atoms with van der Waals surface area (Å²) in [5, 5.41) is 5.94. The molecule has 2 amide bonds. The minimum absolute atomic E-state index is 0.204. The highest BCUT2D eigenvalue weighted by molar-refractivity contribution is 7.15. The van der Waals surface area contributed by atoms with Crippen LogP contribution in [-0.2, 0) is 28.9 Å². The third-order valence-corrected chi connectivity index (χ3v) is 5.50. The number of rotatable bonds is 6. The zero-order chi connectivity index (χ0) is 19.4. The Balaban J connectivity index is 1.59.